The van der Waals surface area contributed by atoms with Crippen LogP contribution in [0.15, 0.2) is 29.1 Å². The summed E-state index contributed by atoms with van der Waals surface area (Å²) in [7, 11) is 0. The lowest BCUT2D eigenvalue weighted by Crippen LogP contribution is -2.43. The highest BCUT2D eigenvalue weighted by atomic mass is 16.4. The van der Waals surface area contributed by atoms with Gasteiger partial charge in [-0.25, -0.2) is 9.59 Å². The molecule has 13 heteroatoms. The molecule has 2 heterocycles. The van der Waals surface area contributed by atoms with E-state index >= 15 is 0 Å². The van der Waals surface area contributed by atoms with Gasteiger partial charge in [0.1, 0.15) is 11.7 Å². The summed E-state index contributed by atoms with van der Waals surface area (Å²) in [5, 5.41) is 29.9. The maximum atomic E-state index is 12.4. The number of carbonyl (C=O) groups is 3. The Morgan fingerprint density at radius 2 is 1.97 bits per heavy atom. The summed E-state index contributed by atoms with van der Waals surface area (Å²) in [5.41, 5.74) is 5.75. The highest BCUT2D eigenvalue weighted by Gasteiger charge is 2.25. The van der Waals surface area contributed by atoms with Crippen LogP contribution in [0.3, 0.4) is 0 Å². The second kappa shape index (κ2) is 9.89. The van der Waals surface area contributed by atoms with Crippen LogP contribution in [0.25, 0.3) is 0 Å². The van der Waals surface area contributed by atoms with Crippen molar-refractivity contribution in [1.82, 2.24) is 14.9 Å². The molecular formula is C20H25N7O6. The third kappa shape index (κ3) is 5.31. The van der Waals surface area contributed by atoms with Crippen molar-refractivity contribution in [3.63, 3.8) is 0 Å². The Morgan fingerprint density at radius 1 is 1.27 bits per heavy atom. The first kappa shape index (κ1) is 23.4. The number of rotatable bonds is 8. The van der Waals surface area contributed by atoms with Gasteiger partial charge in [0, 0.05) is 24.3 Å². The fourth-order valence-corrected chi connectivity index (χ4v) is 3.35. The number of benzene rings is 1. The normalized spacial score (nSPS) is 15.4. The minimum absolute atomic E-state index is 0.0109. The molecule has 0 aliphatic carbocycles. The molecule has 8 N–H and O–H groups in total. The Labute approximate surface area is 188 Å². The maximum absolute atomic E-state index is 12.4. The third-order valence-corrected chi connectivity index (χ3v) is 5.05. The molecule has 1 amide bonds. The lowest BCUT2D eigenvalue weighted by molar-refractivity contribution is -0.139. The molecule has 0 spiro atoms. The van der Waals surface area contributed by atoms with Gasteiger partial charge in [0.15, 0.2) is 5.82 Å². The number of hydrogen-bond acceptors (Lipinski definition) is 9. The van der Waals surface area contributed by atoms with Gasteiger partial charge in [-0.3, -0.25) is 9.59 Å². The van der Waals surface area contributed by atoms with Crippen LogP contribution in [0.2, 0.25) is 0 Å². The smallest absolute Gasteiger partial charge is 0.421 e. The number of nitrogens with zero attached hydrogens (tertiary/aromatic N) is 2. The molecule has 1 aliphatic rings. The SMILES string of the molecule is CCCC(NC(=O)c1ccc(NCC2CNc3nc(N)n(C(=O)O)c(=O)c3N2)cc1)C(=O)O. The number of aromatic nitrogens is 2. The summed E-state index contributed by atoms with van der Waals surface area (Å²) in [6.07, 6.45) is -0.558. The maximum Gasteiger partial charge on any atom is 0.421 e. The summed E-state index contributed by atoms with van der Waals surface area (Å²) in [6, 6.07) is 5.28. The van der Waals surface area contributed by atoms with Crippen molar-refractivity contribution >= 4 is 41.1 Å². The van der Waals surface area contributed by atoms with E-state index in [2.05, 4.69) is 26.3 Å². The van der Waals surface area contributed by atoms with E-state index in [1.165, 1.54) is 0 Å². The molecule has 2 aromatic rings. The summed E-state index contributed by atoms with van der Waals surface area (Å²) in [5.74, 6) is -1.79. The zero-order chi connectivity index (χ0) is 24.1. The zero-order valence-corrected chi connectivity index (χ0v) is 17.8. The van der Waals surface area contributed by atoms with Gasteiger partial charge >= 0.3 is 12.1 Å². The summed E-state index contributed by atoms with van der Waals surface area (Å²) < 4.78 is 0.364. The third-order valence-electron chi connectivity index (χ3n) is 5.05. The topological polar surface area (TPSA) is 201 Å². The van der Waals surface area contributed by atoms with Crippen LogP contribution in [-0.2, 0) is 4.79 Å². The van der Waals surface area contributed by atoms with Gasteiger partial charge in [-0.15, -0.1) is 0 Å². The highest BCUT2D eigenvalue weighted by molar-refractivity contribution is 5.96. The van der Waals surface area contributed by atoms with Gasteiger partial charge in [-0.2, -0.15) is 9.55 Å². The number of carboxylic acid groups (broad SMARTS) is 2. The first-order chi connectivity index (χ1) is 15.7. The van der Waals surface area contributed by atoms with Crippen LogP contribution in [0.4, 0.5) is 27.9 Å². The van der Waals surface area contributed by atoms with Gasteiger partial charge in [0.25, 0.3) is 11.5 Å². The van der Waals surface area contributed by atoms with E-state index in [0.717, 1.165) is 0 Å². The monoisotopic (exact) mass is 459 g/mol. The second-order valence-corrected chi connectivity index (χ2v) is 7.45. The number of nitrogen functional groups attached to an aromatic ring is 1. The van der Waals surface area contributed by atoms with Gasteiger partial charge in [-0.1, -0.05) is 13.3 Å². The van der Waals surface area contributed by atoms with E-state index in [4.69, 9.17) is 10.8 Å². The van der Waals surface area contributed by atoms with Crippen LogP contribution in [0.1, 0.15) is 30.1 Å². The molecule has 2 atom stereocenters. The Morgan fingerprint density at radius 3 is 2.58 bits per heavy atom. The lowest BCUT2D eigenvalue weighted by Gasteiger charge is -2.28. The largest absolute Gasteiger partial charge is 0.480 e. The Bertz CT molecular complexity index is 1120. The van der Waals surface area contributed by atoms with Crippen LogP contribution < -0.4 is 32.6 Å². The average Bonchev–Trinajstić information content (AvgIpc) is 2.77. The van der Waals surface area contributed by atoms with Crippen LogP contribution >= 0.6 is 0 Å². The molecule has 13 nitrogen and oxygen atoms in total. The fraction of sp³-hybridized carbons (Fsp3) is 0.350. The van der Waals surface area contributed by atoms with Crippen molar-refractivity contribution in [3.8, 4) is 0 Å². The Balaban J connectivity index is 1.61. The van der Waals surface area contributed by atoms with E-state index in [1.807, 2.05) is 6.92 Å². The fourth-order valence-electron chi connectivity index (χ4n) is 3.35. The summed E-state index contributed by atoms with van der Waals surface area (Å²) in [6.45, 7) is 2.61. The zero-order valence-electron chi connectivity index (χ0n) is 17.8. The number of nitrogens with one attached hydrogen (secondary N) is 4. The molecule has 1 aromatic heterocycles. The quantitative estimate of drug-likeness (QED) is 0.292. The predicted octanol–water partition coefficient (Wildman–Crippen LogP) is 0.653. The van der Waals surface area contributed by atoms with E-state index in [1.54, 1.807) is 24.3 Å². The Hall–Kier alpha value is -4.29. The number of aliphatic carboxylic acids is 1. The lowest BCUT2D eigenvalue weighted by atomic mass is 10.1. The van der Waals surface area contributed by atoms with Crippen LogP contribution in [0, 0.1) is 0 Å². The van der Waals surface area contributed by atoms with Crippen molar-refractivity contribution in [2.45, 2.75) is 31.8 Å². The van der Waals surface area contributed by atoms with Gasteiger partial charge in [-0.05, 0) is 30.7 Å². The number of hydrogen-bond donors (Lipinski definition) is 7. The Kier molecular flexibility index (Phi) is 7.00. The first-order valence-corrected chi connectivity index (χ1v) is 10.2. The number of amides is 1. The van der Waals surface area contributed by atoms with Crippen molar-refractivity contribution in [2.75, 3.05) is 34.8 Å². The number of carbonyl (C=O) groups excluding carboxylic acids is 1. The molecule has 0 saturated carbocycles. The van der Waals surface area contributed by atoms with Crippen molar-refractivity contribution in [3.05, 3.63) is 40.2 Å². The van der Waals surface area contributed by atoms with E-state index in [-0.39, 0.29) is 17.5 Å². The molecule has 1 aliphatic heterocycles. The summed E-state index contributed by atoms with van der Waals surface area (Å²) >= 11 is 0. The van der Waals surface area contributed by atoms with Crippen LogP contribution in [-0.4, -0.2) is 62.9 Å². The average molecular weight is 459 g/mol. The molecule has 1 aromatic carbocycles. The molecule has 3 rings (SSSR count). The molecule has 2 unspecified atom stereocenters. The van der Waals surface area contributed by atoms with Crippen molar-refractivity contribution in [2.24, 2.45) is 0 Å². The molecule has 33 heavy (non-hydrogen) atoms. The minimum atomic E-state index is -1.52. The molecular weight excluding hydrogens is 434 g/mol. The van der Waals surface area contributed by atoms with E-state index < -0.39 is 35.5 Å². The minimum Gasteiger partial charge on any atom is -0.480 e. The molecule has 0 fully saturated rings. The first-order valence-electron chi connectivity index (χ1n) is 10.2. The van der Waals surface area contributed by atoms with Crippen molar-refractivity contribution < 1.29 is 24.6 Å². The van der Waals surface area contributed by atoms with E-state index in [0.29, 0.717) is 41.7 Å². The standard InChI is InChI=1S/C20H25N7O6/c1-2-3-13(18(30)31)25-16(28)10-4-6-11(7-5-10)22-8-12-9-23-15-14(24-12)17(29)27(20(32)33)19(21)26-15/h4-7,12-13,22-24H,2-3,8-9H2,1H3,(H2,21,26)(H,25,28)(H,30,31)(H,32,33). The van der Waals surface area contributed by atoms with Gasteiger partial charge in [0.05, 0.1) is 6.04 Å². The predicted molar refractivity (Wildman–Crippen MR) is 121 cm³/mol. The van der Waals surface area contributed by atoms with Crippen LogP contribution in [0.5, 0.6) is 0 Å². The number of fused-ring (bicyclic) bond motifs is 1. The number of carboxylic acids is 1. The molecule has 0 saturated heterocycles. The van der Waals surface area contributed by atoms with Crippen molar-refractivity contribution in [1.29, 1.82) is 0 Å². The van der Waals surface area contributed by atoms with Gasteiger partial charge in [0.2, 0.25) is 5.95 Å². The summed E-state index contributed by atoms with van der Waals surface area (Å²) in [4.78, 5) is 51.1. The van der Waals surface area contributed by atoms with E-state index in [9.17, 15) is 24.3 Å². The number of nitrogens with two attached hydrogens (primary N) is 1. The molecule has 0 bridgehead atoms. The number of anilines is 4. The second-order valence-electron chi connectivity index (χ2n) is 7.45. The molecule has 176 valence electrons. The van der Waals surface area contributed by atoms with Gasteiger partial charge < -0.3 is 37.2 Å². The highest BCUT2D eigenvalue weighted by Crippen LogP contribution is 2.21. The molecule has 0 radical (unpaired) electrons.